The second-order valence-corrected chi connectivity index (χ2v) is 3.78. The number of carbonyl (C=O) groups excluding carboxylic acids is 2. The fourth-order valence-corrected chi connectivity index (χ4v) is 1.40. The lowest BCUT2D eigenvalue weighted by molar-refractivity contribution is 0.101. The highest BCUT2D eigenvalue weighted by molar-refractivity contribution is 6.01. The van der Waals surface area contributed by atoms with Gasteiger partial charge in [-0.2, -0.15) is 4.98 Å². The molecule has 0 radical (unpaired) electrons. The third-order valence-electron chi connectivity index (χ3n) is 2.35. The van der Waals surface area contributed by atoms with Crippen molar-refractivity contribution in [2.24, 2.45) is 0 Å². The van der Waals surface area contributed by atoms with Gasteiger partial charge >= 0.3 is 6.03 Å². The zero-order valence-electron chi connectivity index (χ0n) is 10.6. The summed E-state index contributed by atoms with van der Waals surface area (Å²) in [5.41, 5.74) is 6.46. The molecule has 0 atom stereocenters. The normalized spacial score (nSPS) is 9.85. The van der Waals surface area contributed by atoms with E-state index in [1.54, 1.807) is 24.3 Å². The Hall–Kier alpha value is -3.10. The van der Waals surface area contributed by atoms with Crippen molar-refractivity contribution in [3.05, 3.63) is 30.1 Å². The predicted molar refractivity (Wildman–Crippen MR) is 73.3 cm³/mol. The monoisotopic (exact) mass is 275 g/mol. The van der Waals surface area contributed by atoms with Crippen LogP contribution >= 0.6 is 0 Å². The topological polar surface area (TPSA) is 138 Å². The Morgan fingerprint density at radius 2 is 1.75 bits per heavy atom. The van der Waals surface area contributed by atoms with E-state index in [0.717, 1.165) is 0 Å². The molecule has 1 aromatic carbocycles. The van der Waals surface area contributed by atoms with E-state index in [1.807, 2.05) is 0 Å². The minimum Gasteiger partial charge on any atom is -0.366 e. The van der Waals surface area contributed by atoms with E-state index in [-0.39, 0.29) is 17.8 Å². The van der Waals surface area contributed by atoms with Gasteiger partial charge in [0.05, 0.1) is 0 Å². The number of nitrogens with zero attached hydrogens (tertiary/aromatic N) is 2. The first-order valence-electron chi connectivity index (χ1n) is 5.66. The van der Waals surface area contributed by atoms with Gasteiger partial charge in [-0.15, -0.1) is 5.10 Å². The second-order valence-electron chi connectivity index (χ2n) is 3.78. The molecule has 0 bridgehead atoms. The van der Waals surface area contributed by atoms with Gasteiger partial charge in [0.2, 0.25) is 11.8 Å². The molecule has 2 rings (SSSR count). The summed E-state index contributed by atoms with van der Waals surface area (Å²) in [6, 6.07) is 6.27. The maximum absolute atomic E-state index is 11.8. The van der Waals surface area contributed by atoms with Crippen LogP contribution in [-0.4, -0.2) is 34.2 Å². The zero-order chi connectivity index (χ0) is 14.5. The minimum atomic E-state index is -0.457. The van der Waals surface area contributed by atoms with Gasteiger partial charge in [0, 0.05) is 18.4 Å². The molecule has 0 saturated carbocycles. The van der Waals surface area contributed by atoms with E-state index in [9.17, 15) is 9.59 Å². The second kappa shape index (κ2) is 5.69. The maximum atomic E-state index is 11.8. The number of hydrogen-bond donors (Lipinski definition) is 5. The summed E-state index contributed by atoms with van der Waals surface area (Å²) < 4.78 is 0. The molecule has 9 heteroatoms. The molecule has 9 nitrogen and oxygen atoms in total. The summed E-state index contributed by atoms with van der Waals surface area (Å²) in [6.45, 7) is 0. The number of carbonyl (C=O) groups is 2. The lowest BCUT2D eigenvalue weighted by Gasteiger charge is -2.06. The standard InChI is InChI=1S/C11H13N7O2/c1-13-11(20)15-7-4-2-6(3-5-7)14-9(19)8-16-10(12)18-17-8/h2-5H,1H3,(H,14,19)(H2,13,15,20)(H3,12,16,17,18). The van der Waals surface area contributed by atoms with E-state index in [4.69, 9.17) is 5.73 Å². The fraction of sp³-hybridized carbons (Fsp3) is 0.0909. The number of nitrogens with one attached hydrogen (secondary N) is 4. The molecule has 0 aliphatic heterocycles. The minimum absolute atomic E-state index is 0.000256. The highest BCUT2D eigenvalue weighted by atomic mass is 16.2. The number of aromatic nitrogens is 3. The fourth-order valence-electron chi connectivity index (χ4n) is 1.40. The molecule has 1 heterocycles. The van der Waals surface area contributed by atoms with Crippen molar-refractivity contribution < 1.29 is 9.59 Å². The van der Waals surface area contributed by atoms with Crippen LogP contribution in [0.1, 0.15) is 10.6 Å². The number of benzene rings is 1. The van der Waals surface area contributed by atoms with E-state index in [2.05, 4.69) is 31.1 Å². The largest absolute Gasteiger partial charge is 0.366 e. The van der Waals surface area contributed by atoms with Gasteiger partial charge in [-0.05, 0) is 24.3 Å². The molecule has 0 aliphatic rings. The lowest BCUT2D eigenvalue weighted by Crippen LogP contribution is -2.24. The molecule has 1 aromatic heterocycles. The molecule has 0 fully saturated rings. The van der Waals surface area contributed by atoms with Gasteiger partial charge in [0.25, 0.3) is 5.91 Å². The molecule has 104 valence electrons. The summed E-state index contributed by atoms with van der Waals surface area (Å²) >= 11 is 0. The molecular weight excluding hydrogens is 262 g/mol. The van der Waals surface area contributed by atoms with E-state index < -0.39 is 5.91 Å². The van der Waals surface area contributed by atoms with Gasteiger partial charge in [0.1, 0.15) is 0 Å². The molecular formula is C11H13N7O2. The van der Waals surface area contributed by atoms with Crippen molar-refractivity contribution in [2.75, 3.05) is 23.4 Å². The number of H-pyrrole nitrogens is 1. The van der Waals surface area contributed by atoms with E-state index in [0.29, 0.717) is 11.4 Å². The molecule has 0 aliphatic carbocycles. The summed E-state index contributed by atoms with van der Waals surface area (Å²) in [5.74, 6) is -0.434. The number of aromatic amines is 1. The Balaban J connectivity index is 2.00. The number of hydrogen-bond acceptors (Lipinski definition) is 5. The van der Waals surface area contributed by atoms with Crippen LogP contribution < -0.4 is 21.7 Å². The number of anilines is 3. The number of rotatable bonds is 3. The smallest absolute Gasteiger partial charge is 0.318 e. The SMILES string of the molecule is CNC(=O)Nc1ccc(NC(=O)c2nc(N)n[nH]2)cc1. The Morgan fingerprint density at radius 1 is 1.15 bits per heavy atom. The van der Waals surface area contributed by atoms with Gasteiger partial charge in [0.15, 0.2) is 0 Å². The van der Waals surface area contributed by atoms with Crippen LogP contribution in [-0.2, 0) is 0 Å². The molecule has 0 saturated heterocycles. The number of nitrogens with two attached hydrogens (primary N) is 1. The van der Waals surface area contributed by atoms with Crippen LogP contribution in [0, 0.1) is 0 Å². The van der Waals surface area contributed by atoms with Crippen LogP contribution in [0.2, 0.25) is 0 Å². The summed E-state index contributed by atoms with van der Waals surface area (Å²) in [7, 11) is 1.52. The molecule has 20 heavy (non-hydrogen) atoms. The van der Waals surface area contributed by atoms with Crippen molar-refractivity contribution in [1.82, 2.24) is 20.5 Å². The summed E-state index contributed by atoms with van der Waals surface area (Å²) in [6.07, 6.45) is 0. The number of amides is 3. The maximum Gasteiger partial charge on any atom is 0.318 e. The Bertz CT molecular complexity index is 620. The molecule has 6 N–H and O–H groups in total. The molecule has 0 unspecified atom stereocenters. The van der Waals surface area contributed by atoms with Crippen LogP contribution in [0.25, 0.3) is 0 Å². The van der Waals surface area contributed by atoms with Crippen LogP contribution in [0.4, 0.5) is 22.1 Å². The van der Waals surface area contributed by atoms with Crippen molar-refractivity contribution in [2.45, 2.75) is 0 Å². The summed E-state index contributed by atoms with van der Waals surface area (Å²) in [4.78, 5) is 26.6. The van der Waals surface area contributed by atoms with Crippen LogP contribution in [0.5, 0.6) is 0 Å². The first kappa shape index (κ1) is 13.3. The van der Waals surface area contributed by atoms with Gasteiger partial charge < -0.3 is 21.7 Å². The van der Waals surface area contributed by atoms with E-state index in [1.165, 1.54) is 7.05 Å². The van der Waals surface area contributed by atoms with Crippen molar-refractivity contribution >= 4 is 29.3 Å². The van der Waals surface area contributed by atoms with Crippen molar-refractivity contribution in [3.8, 4) is 0 Å². The Kier molecular flexibility index (Phi) is 3.80. The zero-order valence-corrected chi connectivity index (χ0v) is 10.6. The van der Waals surface area contributed by atoms with Gasteiger partial charge in [-0.25, -0.2) is 4.79 Å². The highest BCUT2D eigenvalue weighted by Crippen LogP contribution is 2.14. The third kappa shape index (κ3) is 3.22. The first-order chi connectivity index (χ1) is 9.58. The quantitative estimate of drug-likeness (QED) is 0.551. The van der Waals surface area contributed by atoms with Gasteiger partial charge in [-0.1, -0.05) is 0 Å². The van der Waals surface area contributed by atoms with Crippen LogP contribution in [0.15, 0.2) is 24.3 Å². The lowest BCUT2D eigenvalue weighted by atomic mass is 10.3. The van der Waals surface area contributed by atoms with Gasteiger partial charge in [-0.3, -0.25) is 9.89 Å². The highest BCUT2D eigenvalue weighted by Gasteiger charge is 2.10. The average Bonchev–Trinajstić information content (AvgIpc) is 2.87. The van der Waals surface area contributed by atoms with E-state index >= 15 is 0 Å². The number of urea groups is 1. The predicted octanol–water partition coefficient (Wildman–Crippen LogP) is 0.390. The number of nitrogen functional groups attached to an aromatic ring is 1. The van der Waals surface area contributed by atoms with Crippen molar-refractivity contribution in [1.29, 1.82) is 0 Å². The first-order valence-corrected chi connectivity index (χ1v) is 5.66. The molecule has 3 amide bonds. The summed E-state index contributed by atoms with van der Waals surface area (Å²) in [5, 5.41) is 13.6. The molecule has 2 aromatic rings. The van der Waals surface area contributed by atoms with Crippen LogP contribution in [0.3, 0.4) is 0 Å². The average molecular weight is 275 g/mol. The Labute approximate surface area is 114 Å². The van der Waals surface area contributed by atoms with Crippen molar-refractivity contribution in [3.63, 3.8) is 0 Å². The Morgan fingerprint density at radius 3 is 2.25 bits per heavy atom. The molecule has 0 spiro atoms. The third-order valence-corrected chi connectivity index (χ3v) is 2.35.